The summed E-state index contributed by atoms with van der Waals surface area (Å²) >= 11 is 0. The average molecular weight is 358 g/mol. The molecule has 0 aliphatic rings. The SMILES string of the molecule is CN(CC(=O)Nc1ccc(F)cc1)[C@H](C(=O)NC(N)=O)c1ccccc1. The first-order valence-corrected chi connectivity index (χ1v) is 7.77. The van der Waals surface area contributed by atoms with Gasteiger partial charge in [0.15, 0.2) is 0 Å². The van der Waals surface area contributed by atoms with Crippen LogP contribution in [0.4, 0.5) is 14.9 Å². The van der Waals surface area contributed by atoms with Gasteiger partial charge in [-0.05, 0) is 36.9 Å². The number of nitrogens with zero attached hydrogens (tertiary/aromatic N) is 1. The normalized spacial score (nSPS) is 11.7. The van der Waals surface area contributed by atoms with Crippen LogP contribution < -0.4 is 16.4 Å². The first-order chi connectivity index (χ1) is 12.4. The van der Waals surface area contributed by atoms with Gasteiger partial charge in [-0.15, -0.1) is 0 Å². The molecule has 4 amide bonds. The Labute approximate surface area is 150 Å². The van der Waals surface area contributed by atoms with Gasteiger partial charge in [0.2, 0.25) is 11.8 Å². The lowest BCUT2D eigenvalue weighted by Gasteiger charge is -2.26. The molecule has 0 aliphatic heterocycles. The number of carbonyl (C=O) groups excluding carboxylic acids is 3. The van der Waals surface area contributed by atoms with Crippen LogP contribution in [-0.4, -0.2) is 36.3 Å². The summed E-state index contributed by atoms with van der Waals surface area (Å²) in [7, 11) is 1.57. The number of rotatable bonds is 6. The Morgan fingerprint density at radius 1 is 1.08 bits per heavy atom. The van der Waals surface area contributed by atoms with Gasteiger partial charge in [0.25, 0.3) is 0 Å². The number of hydrogen-bond acceptors (Lipinski definition) is 4. The summed E-state index contributed by atoms with van der Waals surface area (Å²) in [6.07, 6.45) is 0. The fraction of sp³-hybridized carbons (Fsp3) is 0.167. The number of imide groups is 1. The highest BCUT2D eigenvalue weighted by Gasteiger charge is 2.27. The third kappa shape index (κ3) is 5.38. The number of carbonyl (C=O) groups is 3. The fourth-order valence-electron chi connectivity index (χ4n) is 2.48. The highest BCUT2D eigenvalue weighted by Crippen LogP contribution is 2.19. The molecule has 1 atom stereocenters. The maximum atomic E-state index is 12.9. The van der Waals surface area contributed by atoms with E-state index in [-0.39, 0.29) is 6.54 Å². The Kier molecular flexibility index (Phi) is 6.40. The Bertz CT molecular complexity index is 781. The summed E-state index contributed by atoms with van der Waals surface area (Å²) in [6.45, 7) is -0.136. The Morgan fingerprint density at radius 3 is 2.27 bits per heavy atom. The van der Waals surface area contributed by atoms with Crippen LogP contribution in [0, 0.1) is 5.82 Å². The summed E-state index contributed by atoms with van der Waals surface area (Å²) in [4.78, 5) is 37.1. The van der Waals surface area contributed by atoms with Gasteiger partial charge in [-0.3, -0.25) is 19.8 Å². The van der Waals surface area contributed by atoms with E-state index in [1.54, 1.807) is 37.4 Å². The van der Waals surface area contributed by atoms with E-state index in [4.69, 9.17) is 5.73 Å². The van der Waals surface area contributed by atoms with Crippen molar-refractivity contribution in [1.29, 1.82) is 0 Å². The van der Waals surface area contributed by atoms with Crippen molar-refractivity contribution in [3.63, 3.8) is 0 Å². The highest BCUT2D eigenvalue weighted by atomic mass is 19.1. The number of nitrogens with one attached hydrogen (secondary N) is 2. The Morgan fingerprint density at radius 2 is 1.69 bits per heavy atom. The zero-order valence-electron chi connectivity index (χ0n) is 14.1. The predicted molar refractivity (Wildman–Crippen MR) is 94.6 cm³/mol. The van der Waals surface area contributed by atoms with E-state index in [0.29, 0.717) is 11.3 Å². The lowest BCUT2D eigenvalue weighted by atomic mass is 10.0. The van der Waals surface area contributed by atoms with Crippen molar-refractivity contribution in [2.75, 3.05) is 18.9 Å². The molecule has 0 aromatic heterocycles. The first-order valence-electron chi connectivity index (χ1n) is 7.77. The molecule has 4 N–H and O–H groups in total. The number of primary amides is 1. The van der Waals surface area contributed by atoms with E-state index < -0.39 is 29.7 Å². The van der Waals surface area contributed by atoms with Crippen LogP contribution in [0.2, 0.25) is 0 Å². The van der Waals surface area contributed by atoms with Crippen LogP contribution in [0.1, 0.15) is 11.6 Å². The number of nitrogens with two attached hydrogens (primary N) is 1. The molecule has 0 radical (unpaired) electrons. The molecule has 2 aromatic rings. The summed E-state index contributed by atoms with van der Waals surface area (Å²) in [6, 6.07) is 12.1. The monoisotopic (exact) mass is 358 g/mol. The highest BCUT2D eigenvalue weighted by molar-refractivity contribution is 5.97. The number of hydrogen-bond donors (Lipinski definition) is 3. The van der Waals surface area contributed by atoms with Gasteiger partial charge in [-0.2, -0.15) is 0 Å². The minimum absolute atomic E-state index is 0.136. The van der Waals surface area contributed by atoms with E-state index in [1.807, 2.05) is 5.32 Å². The largest absolute Gasteiger partial charge is 0.351 e. The maximum absolute atomic E-state index is 12.9. The second-order valence-electron chi connectivity index (χ2n) is 5.64. The van der Waals surface area contributed by atoms with Gasteiger partial charge in [0.05, 0.1) is 6.54 Å². The van der Waals surface area contributed by atoms with Crippen LogP contribution in [0.25, 0.3) is 0 Å². The molecule has 8 heteroatoms. The molecular formula is C18H19FN4O3. The molecule has 26 heavy (non-hydrogen) atoms. The maximum Gasteiger partial charge on any atom is 0.318 e. The van der Waals surface area contributed by atoms with Gasteiger partial charge in [0.1, 0.15) is 11.9 Å². The van der Waals surface area contributed by atoms with Gasteiger partial charge in [0, 0.05) is 5.69 Å². The molecular weight excluding hydrogens is 339 g/mol. The number of benzene rings is 2. The number of anilines is 1. The van der Waals surface area contributed by atoms with Crippen molar-refractivity contribution in [2.45, 2.75) is 6.04 Å². The second-order valence-corrected chi connectivity index (χ2v) is 5.64. The summed E-state index contributed by atoms with van der Waals surface area (Å²) < 4.78 is 12.9. The zero-order valence-corrected chi connectivity index (χ0v) is 14.1. The van der Waals surface area contributed by atoms with Gasteiger partial charge in [-0.25, -0.2) is 9.18 Å². The number of amides is 4. The van der Waals surface area contributed by atoms with Crippen molar-refractivity contribution in [3.05, 3.63) is 66.0 Å². The summed E-state index contributed by atoms with van der Waals surface area (Å²) in [5.74, 6) is -1.44. The van der Waals surface area contributed by atoms with Gasteiger partial charge in [-0.1, -0.05) is 30.3 Å². The quantitative estimate of drug-likeness (QED) is 0.730. The van der Waals surface area contributed by atoms with Crippen molar-refractivity contribution < 1.29 is 18.8 Å². The molecule has 0 spiro atoms. The molecule has 0 fully saturated rings. The average Bonchev–Trinajstić information content (AvgIpc) is 2.57. The van der Waals surface area contributed by atoms with Crippen LogP contribution in [0.3, 0.4) is 0 Å². The lowest BCUT2D eigenvalue weighted by Crippen LogP contribution is -2.45. The van der Waals surface area contributed by atoms with Crippen molar-refractivity contribution in [3.8, 4) is 0 Å². The molecule has 0 saturated carbocycles. The zero-order chi connectivity index (χ0) is 19.1. The second kappa shape index (κ2) is 8.72. The van der Waals surface area contributed by atoms with Crippen LogP contribution in [-0.2, 0) is 9.59 Å². The van der Waals surface area contributed by atoms with Crippen molar-refractivity contribution >= 4 is 23.5 Å². The number of likely N-dealkylation sites (N-methyl/N-ethyl adjacent to an activating group) is 1. The standard InChI is InChI=1S/C18H19FN4O3/c1-23(11-15(24)21-14-9-7-13(19)8-10-14)16(17(25)22-18(20)26)12-5-3-2-4-6-12/h2-10,16H,11H2,1H3,(H,21,24)(H3,20,22,25,26)/t16-/m0/s1. The van der Waals surface area contributed by atoms with Gasteiger partial charge >= 0.3 is 6.03 Å². The van der Waals surface area contributed by atoms with E-state index >= 15 is 0 Å². The molecule has 2 rings (SSSR count). The van der Waals surface area contributed by atoms with E-state index in [9.17, 15) is 18.8 Å². The number of halogens is 1. The van der Waals surface area contributed by atoms with Crippen molar-refractivity contribution in [1.82, 2.24) is 10.2 Å². The van der Waals surface area contributed by atoms with E-state index in [1.165, 1.54) is 29.2 Å². The third-order valence-corrected chi connectivity index (χ3v) is 3.57. The summed E-state index contributed by atoms with van der Waals surface area (Å²) in [5.41, 5.74) is 6.06. The molecule has 0 heterocycles. The fourth-order valence-corrected chi connectivity index (χ4v) is 2.48. The summed E-state index contributed by atoms with van der Waals surface area (Å²) in [5, 5.41) is 4.65. The van der Waals surface area contributed by atoms with Crippen molar-refractivity contribution in [2.24, 2.45) is 5.73 Å². The minimum atomic E-state index is -0.972. The van der Waals surface area contributed by atoms with E-state index in [2.05, 4.69) is 5.32 Å². The number of urea groups is 1. The Hall–Kier alpha value is -3.26. The van der Waals surface area contributed by atoms with Crippen LogP contribution in [0.5, 0.6) is 0 Å². The smallest absolute Gasteiger partial charge is 0.318 e. The topological polar surface area (TPSA) is 105 Å². The lowest BCUT2D eigenvalue weighted by molar-refractivity contribution is -0.126. The molecule has 0 unspecified atom stereocenters. The van der Waals surface area contributed by atoms with Crippen LogP contribution >= 0.6 is 0 Å². The molecule has 7 nitrogen and oxygen atoms in total. The third-order valence-electron chi connectivity index (χ3n) is 3.57. The van der Waals surface area contributed by atoms with Crippen LogP contribution in [0.15, 0.2) is 54.6 Å². The minimum Gasteiger partial charge on any atom is -0.351 e. The Balaban J connectivity index is 2.11. The molecule has 0 aliphatic carbocycles. The molecule has 2 aromatic carbocycles. The molecule has 0 saturated heterocycles. The first kappa shape index (κ1) is 19.1. The molecule has 0 bridgehead atoms. The van der Waals surface area contributed by atoms with E-state index in [0.717, 1.165) is 0 Å². The molecule has 136 valence electrons. The van der Waals surface area contributed by atoms with Gasteiger partial charge < -0.3 is 11.1 Å². The predicted octanol–water partition coefficient (Wildman–Crippen LogP) is 1.63.